The van der Waals surface area contributed by atoms with Crippen molar-refractivity contribution in [2.24, 2.45) is 11.8 Å². The van der Waals surface area contributed by atoms with Crippen LogP contribution in [0.1, 0.15) is 51.9 Å². The van der Waals surface area contributed by atoms with Gasteiger partial charge < -0.3 is 15.1 Å². The quantitative estimate of drug-likeness (QED) is 0.798. The van der Waals surface area contributed by atoms with Crippen molar-refractivity contribution < 1.29 is 9.59 Å². The summed E-state index contributed by atoms with van der Waals surface area (Å²) in [5.74, 6) is 1.43. The van der Waals surface area contributed by atoms with Crippen molar-refractivity contribution in [1.82, 2.24) is 15.1 Å². The zero-order valence-corrected chi connectivity index (χ0v) is 14.6. The van der Waals surface area contributed by atoms with E-state index in [1.54, 1.807) is 0 Å². The van der Waals surface area contributed by atoms with E-state index in [1.165, 1.54) is 12.8 Å². The standard InChI is InChI=1S/C18H31N3O2/c1-14-5-7-15(8-6-14)17(23)21-11-10-20(2)12-18(13-21)9-3-4-16(22)19-18/h14-15H,3-13H2,1-2H3,(H,19,22). The highest BCUT2D eigenvalue weighted by Crippen LogP contribution is 2.31. The summed E-state index contributed by atoms with van der Waals surface area (Å²) in [6, 6.07) is 0. The molecule has 0 bridgehead atoms. The lowest BCUT2D eigenvalue weighted by Gasteiger charge is -2.41. The molecule has 1 unspecified atom stereocenters. The highest BCUT2D eigenvalue weighted by atomic mass is 16.2. The van der Waals surface area contributed by atoms with E-state index < -0.39 is 0 Å². The maximum atomic E-state index is 13.0. The van der Waals surface area contributed by atoms with E-state index in [2.05, 4.69) is 29.1 Å². The molecule has 0 aromatic heterocycles. The van der Waals surface area contributed by atoms with Crippen LogP contribution in [0.15, 0.2) is 0 Å². The zero-order valence-electron chi connectivity index (χ0n) is 14.6. The zero-order chi connectivity index (χ0) is 16.4. The molecule has 3 rings (SSSR count). The maximum absolute atomic E-state index is 13.0. The van der Waals surface area contributed by atoms with Gasteiger partial charge in [0.15, 0.2) is 0 Å². The van der Waals surface area contributed by atoms with Gasteiger partial charge in [0.25, 0.3) is 0 Å². The molecular formula is C18H31N3O2. The van der Waals surface area contributed by atoms with Crippen molar-refractivity contribution in [2.45, 2.75) is 57.4 Å². The molecule has 5 nitrogen and oxygen atoms in total. The first kappa shape index (κ1) is 16.7. The SMILES string of the molecule is CC1CCC(C(=O)N2CCN(C)CC3(CCCC(=O)N3)C2)CC1. The Morgan fingerprint density at radius 2 is 1.91 bits per heavy atom. The van der Waals surface area contributed by atoms with Gasteiger partial charge in [-0.1, -0.05) is 6.92 Å². The fourth-order valence-electron chi connectivity index (χ4n) is 4.58. The van der Waals surface area contributed by atoms with Gasteiger partial charge in [0.2, 0.25) is 11.8 Å². The van der Waals surface area contributed by atoms with Crippen molar-refractivity contribution in [3.8, 4) is 0 Å². The molecule has 2 amide bonds. The third kappa shape index (κ3) is 3.87. The summed E-state index contributed by atoms with van der Waals surface area (Å²) in [5, 5.41) is 3.22. The summed E-state index contributed by atoms with van der Waals surface area (Å²) in [7, 11) is 2.10. The molecule has 1 N–H and O–H groups in total. The lowest BCUT2D eigenvalue weighted by molar-refractivity contribution is -0.138. The summed E-state index contributed by atoms with van der Waals surface area (Å²) in [5.41, 5.74) is -0.238. The lowest BCUT2D eigenvalue weighted by Crippen LogP contribution is -2.61. The summed E-state index contributed by atoms with van der Waals surface area (Å²) in [6.07, 6.45) is 6.95. The van der Waals surface area contributed by atoms with Crippen LogP contribution < -0.4 is 5.32 Å². The highest BCUT2D eigenvalue weighted by Gasteiger charge is 2.41. The number of carbonyl (C=O) groups excluding carboxylic acids is 2. The van der Waals surface area contributed by atoms with Gasteiger partial charge in [0, 0.05) is 38.5 Å². The van der Waals surface area contributed by atoms with Crippen molar-refractivity contribution in [1.29, 1.82) is 0 Å². The Bertz CT molecular complexity index is 459. The number of likely N-dealkylation sites (N-methyl/N-ethyl adjacent to an activating group) is 1. The molecule has 23 heavy (non-hydrogen) atoms. The normalized spacial score (nSPS) is 36.6. The molecule has 2 aliphatic heterocycles. The predicted molar refractivity (Wildman–Crippen MR) is 89.9 cm³/mol. The molecule has 1 atom stereocenters. The molecule has 3 fully saturated rings. The lowest BCUT2D eigenvalue weighted by atomic mass is 9.82. The van der Waals surface area contributed by atoms with Gasteiger partial charge in [-0.25, -0.2) is 0 Å². The smallest absolute Gasteiger partial charge is 0.225 e. The minimum Gasteiger partial charge on any atom is -0.348 e. The van der Waals surface area contributed by atoms with Crippen LogP contribution in [0.3, 0.4) is 0 Å². The summed E-state index contributed by atoms with van der Waals surface area (Å²) >= 11 is 0. The van der Waals surface area contributed by atoms with Gasteiger partial charge in [0.1, 0.15) is 0 Å². The third-order valence-electron chi connectivity index (χ3n) is 5.96. The Hall–Kier alpha value is -1.10. The Balaban J connectivity index is 1.71. The third-order valence-corrected chi connectivity index (χ3v) is 5.96. The van der Waals surface area contributed by atoms with Crippen molar-refractivity contribution in [3.63, 3.8) is 0 Å². The summed E-state index contributed by atoms with van der Waals surface area (Å²) in [6.45, 7) is 5.51. The second-order valence-electron chi connectivity index (χ2n) is 8.14. The van der Waals surface area contributed by atoms with Crippen LogP contribution in [0.25, 0.3) is 0 Å². The van der Waals surface area contributed by atoms with E-state index in [9.17, 15) is 9.59 Å². The molecule has 1 spiro atoms. The predicted octanol–water partition coefficient (Wildman–Crippen LogP) is 1.63. The van der Waals surface area contributed by atoms with Crippen molar-refractivity contribution in [2.75, 3.05) is 33.2 Å². The van der Waals surface area contributed by atoms with Crippen molar-refractivity contribution >= 4 is 11.8 Å². The Morgan fingerprint density at radius 3 is 2.61 bits per heavy atom. The molecule has 2 saturated heterocycles. The van der Waals surface area contributed by atoms with Crippen LogP contribution in [-0.2, 0) is 9.59 Å². The van der Waals surface area contributed by atoms with Gasteiger partial charge in [-0.3, -0.25) is 9.59 Å². The molecule has 3 aliphatic rings. The van der Waals surface area contributed by atoms with Crippen LogP contribution in [0, 0.1) is 11.8 Å². The molecular weight excluding hydrogens is 290 g/mol. The minimum absolute atomic E-state index is 0.144. The number of amides is 2. The van der Waals surface area contributed by atoms with E-state index in [0.29, 0.717) is 18.9 Å². The van der Waals surface area contributed by atoms with Gasteiger partial charge in [-0.2, -0.15) is 0 Å². The first-order chi connectivity index (χ1) is 11.0. The molecule has 130 valence electrons. The molecule has 5 heteroatoms. The van der Waals surface area contributed by atoms with E-state index >= 15 is 0 Å². The first-order valence-electron chi connectivity index (χ1n) is 9.26. The minimum atomic E-state index is -0.238. The molecule has 0 radical (unpaired) electrons. The molecule has 0 aromatic carbocycles. The number of piperidine rings is 1. The van der Waals surface area contributed by atoms with Crippen molar-refractivity contribution in [3.05, 3.63) is 0 Å². The largest absolute Gasteiger partial charge is 0.348 e. The number of rotatable bonds is 1. The average molecular weight is 321 g/mol. The Labute approximate surface area is 139 Å². The maximum Gasteiger partial charge on any atom is 0.225 e. The summed E-state index contributed by atoms with van der Waals surface area (Å²) < 4.78 is 0. The van der Waals surface area contributed by atoms with Gasteiger partial charge in [-0.15, -0.1) is 0 Å². The fourth-order valence-corrected chi connectivity index (χ4v) is 4.58. The average Bonchev–Trinajstić information content (AvgIpc) is 2.66. The van der Waals surface area contributed by atoms with Crippen LogP contribution in [0.4, 0.5) is 0 Å². The van der Waals surface area contributed by atoms with E-state index in [1.807, 2.05) is 0 Å². The highest BCUT2D eigenvalue weighted by molar-refractivity contribution is 5.80. The van der Waals surface area contributed by atoms with Crippen LogP contribution in [0.2, 0.25) is 0 Å². The van der Waals surface area contributed by atoms with E-state index in [0.717, 1.165) is 51.2 Å². The Morgan fingerprint density at radius 1 is 1.17 bits per heavy atom. The number of hydrogen-bond donors (Lipinski definition) is 1. The molecule has 1 saturated carbocycles. The van der Waals surface area contributed by atoms with Gasteiger partial charge >= 0.3 is 0 Å². The van der Waals surface area contributed by atoms with E-state index in [4.69, 9.17) is 0 Å². The van der Waals surface area contributed by atoms with E-state index in [-0.39, 0.29) is 17.4 Å². The number of carbonyl (C=O) groups is 2. The second kappa shape index (κ2) is 6.80. The molecule has 0 aromatic rings. The second-order valence-corrected chi connectivity index (χ2v) is 8.14. The molecule has 1 aliphatic carbocycles. The molecule has 2 heterocycles. The van der Waals surface area contributed by atoms with Crippen LogP contribution in [-0.4, -0.2) is 60.4 Å². The Kier molecular flexibility index (Phi) is 4.95. The van der Waals surface area contributed by atoms with Gasteiger partial charge in [0.05, 0.1) is 5.54 Å². The first-order valence-corrected chi connectivity index (χ1v) is 9.26. The number of nitrogens with one attached hydrogen (secondary N) is 1. The topological polar surface area (TPSA) is 52.7 Å². The summed E-state index contributed by atoms with van der Waals surface area (Å²) in [4.78, 5) is 29.3. The number of nitrogens with zero attached hydrogens (tertiary/aromatic N) is 2. The fraction of sp³-hybridized carbons (Fsp3) is 0.889. The van der Waals surface area contributed by atoms with Crippen LogP contribution in [0.5, 0.6) is 0 Å². The van der Waals surface area contributed by atoms with Gasteiger partial charge in [-0.05, 0) is 51.5 Å². The monoisotopic (exact) mass is 321 g/mol. The van der Waals surface area contributed by atoms with Crippen LogP contribution >= 0.6 is 0 Å². The number of hydrogen-bond acceptors (Lipinski definition) is 3.